The van der Waals surface area contributed by atoms with Gasteiger partial charge < -0.3 is 15.6 Å². The van der Waals surface area contributed by atoms with Crippen molar-refractivity contribution in [2.75, 3.05) is 12.3 Å². The quantitative estimate of drug-likeness (QED) is 0.622. The molecule has 106 valence electrons. The first kappa shape index (κ1) is 13.2. The molecule has 3 heterocycles. The molecule has 3 rings (SSSR count). The molecule has 3 N–H and O–H groups in total. The molecule has 0 bridgehead atoms. The van der Waals surface area contributed by atoms with E-state index in [0.29, 0.717) is 17.6 Å². The molecule has 2 aromatic rings. The zero-order valence-corrected chi connectivity index (χ0v) is 10.9. The molecule has 0 amide bonds. The van der Waals surface area contributed by atoms with Crippen LogP contribution < -0.4 is 5.73 Å². The van der Waals surface area contributed by atoms with Gasteiger partial charge in [-0.05, 0) is 11.6 Å². The van der Waals surface area contributed by atoms with Crippen molar-refractivity contribution in [3.63, 3.8) is 0 Å². The first-order chi connectivity index (χ1) is 9.60. The van der Waals surface area contributed by atoms with Crippen LogP contribution in [0.15, 0.2) is 11.5 Å². The number of nitrogen functional groups attached to an aromatic ring is 1. The number of fused-ring (bicyclic) bond motifs is 1. The Morgan fingerprint density at radius 3 is 3.15 bits per heavy atom. The highest BCUT2D eigenvalue weighted by Crippen LogP contribution is 2.31. The summed E-state index contributed by atoms with van der Waals surface area (Å²) in [6, 6.07) is 0. The van der Waals surface area contributed by atoms with Crippen LogP contribution in [0.25, 0.3) is 11.2 Å². The van der Waals surface area contributed by atoms with E-state index in [0.717, 1.165) is 0 Å². The largest absolute Gasteiger partial charge is 0.390 e. The molecule has 2 aromatic heterocycles. The van der Waals surface area contributed by atoms with Gasteiger partial charge >= 0.3 is 0 Å². The van der Waals surface area contributed by atoms with Crippen molar-refractivity contribution in [2.45, 2.75) is 24.9 Å². The predicted molar refractivity (Wildman–Crippen MR) is 69.9 cm³/mol. The second-order valence-corrected chi connectivity index (χ2v) is 4.78. The fraction of sp³-hybridized carbons (Fsp3) is 0.500. The molecule has 20 heavy (non-hydrogen) atoms. The summed E-state index contributed by atoms with van der Waals surface area (Å²) in [5, 5.41) is 12.6. The number of aliphatic hydroxyl groups is 1. The van der Waals surface area contributed by atoms with Crippen LogP contribution in [0.4, 0.5) is 5.82 Å². The summed E-state index contributed by atoms with van der Waals surface area (Å²) in [6.07, 6.45) is -0.130. The Morgan fingerprint density at radius 2 is 2.40 bits per heavy atom. The first-order valence-electron chi connectivity index (χ1n) is 5.88. The molecule has 1 saturated heterocycles. The molecule has 0 aliphatic carbocycles. The standard InChI is InChI=1S/C10H11ClN6O3/c11-10-15-8(12)7-9(16-10)17(3-13-7)6-1-4(18)5(20-6)2-14-19/h3-6,18H,1-2H2,(H2,12,15,16). The van der Waals surface area contributed by atoms with E-state index in [1.807, 2.05) is 0 Å². The van der Waals surface area contributed by atoms with Gasteiger partial charge in [-0.3, -0.25) is 4.57 Å². The molecule has 3 unspecified atom stereocenters. The fourth-order valence-electron chi connectivity index (χ4n) is 2.25. The number of anilines is 1. The number of aromatic nitrogens is 4. The van der Waals surface area contributed by atoms with Gasteiger partial charge in [-0.1, -0.05) is 5.18 Å². The summed E-state index contributed by atoms with van der Waals surface area (Å²) in [5.41, 5.74) is 6.54. The highest BCUT2D eigenvalue weighted by Gasteiger charge is 2.36. The van der Waals surface area contributed by atoms with Crippen LogP contribution in [0.1, 0.15) is 12.6 Å². The molecule has 3 atom stereocenters. The van der Waals surface area contributed by atoms with E-state index in [1.165, 1.54) is 6.33 Å². The van der Waals surface area contributed by atoms with E-state index < -0.39 is 18.4 Å². The number of halogens is 1. The Balaban J connectivity index is 1.97. The van der Waals surface area contributed by atoms with Gasteiger partial charge in [-0.15, -0.1) is 0 Å². The van der Waals surface area contributed by atoms with Crippen LogP contribution in [0.2, 0.25) is 5.28 Å². The van der Waals surface area contributed by atoms with E-state index in [-0.39, 0.29) is 17.6 Å². The Kier molecular flexibility index (Phi) is 3.24. The summed E-state index contributed by atoms with van der Waals surface area (Å²) in [7, 11) is 0. The van der Waals surface area contributed by atoms with Crippen molar-refractivity contribution in [1.29, 1.82) is 0 Å². The first-order valence-corrected chi connectivity index (χ1v) is 6.26. The van der Waals surface area contributed by atoms with E-state index >= 15 is 0 Å². The van der Waals surface area contributed by atoms with E-state index in [9.17, 15) is 10.0 Å². The highest BCUT2D eigenvalue weighted by atomic mass is 35.5. The number of nitrogens with two attached hydrogens (primary N) is 1. The average molecular weight is 299 g/mol. The number of aliphatic hydroxyl groups excluding tert-OH is 1. The van der Waals surface area contributed by atoms with Crippen molar-refractivity contribution in [1.82, 2.24) is 19.5 Å². The monoisotopic (exact) mass is 298 g/mol. The number of imidazole rings is 1. The van der Waals surface area contributed by atoms with Gasteiger partial charge in [0.05, 0.1) is 12.4 Å². The molecule has 0 spiro atoms. The maximum atomic E-state index is 10.3. The zero-order chi connectivity index (χ0) is 14.3. The molecule has 9 nitrogen and oxygen atoms in total. The van der Waals surface area contributed by atoms with Gasteiger partial charge in [0, 0.05) is 6.42 Å². The second-order valence-electron chi connectivity index (χ2n) is 4.45. The van der Waals surface area contributed by atoms with Crippen LogP contribution in [-0.4, -0.2) is 43.4 Å². The van der Waals surface area contributed by atoms with Crippen LogP contribution in [0.5, 0.6) is 0 Å². The lowest BCUT2D eigenvalue weighted by Gasteiger charge is -2.13. The number of rotatable bonds is 3. The lowest BCUT2D eigenvalue weighted by atomic mass is 10.2. The van der Waals surface area contributed by atoms with Crippen molar-refractivity contribution >= 4 is 28.6 Å². The van der Waals surface area contributed by atoms with Crippen LogP contribution in [0, 0.1) is 4.91 Å². The van der Waals surface area contributed by atoms with Crippen LogP contribution in [-0.2, 0) is 4.74 Å². The van der Waals surface area contributed by atoms with Gasteiger partial charge in [-0.25, -0.2) is 4.98 Å². The van der Waals surface area contributed by atoms with Gasteiger partial charge in [0.1, 0.15) is 24.4 Å². The SMILES string of the molecule is Nc1nc(Cl)nc2c1ncn2C1CC(O)C(CN=O)O1. The smallest absolute Gasteiger partial charge is 0.226 e. The molecule has 10 heteroatoms. The molecule has 1 aliphatic heterocycles. The third-order valence-corrected chi connectivity index (χ3v) is 3.36. The Hall–Kier alpha value is -1.84. The molecule has 1 fully saturated rings. The normalized spacial score (nSPS) is 26.2. The fourth-order valence-corrected chi connectivity index (χ4v) is 2.42. The Bertz CT molecular complexity index is 662. The van der Waals surface area contributed by atoms with Crippen molar-refractivity contribution in [2.24, 2.45) is 5.18 Å². The summed E-state index contributed by atoms with van der Waals surface area (Å²) < 4.78 is 7.19. The highest BCUT2D eigenvalue weighted by molar-refractivity contribution is 6.28. The maximum Gasteiger partial charge on any atom is 0.226 e. The van der Waals surface area contributed by atoms with Gasteiger partial charge in [-0.2, -0.15) is 14.9 Å². The molecule has 0 aromatic carbocycles. The summed E-state index contributed by atoms with van der Waals surface area (Å²) >= 11 is 5.78. The van der Waals surface area contributed by atoms with Crippen molar-refractivity contribution in [3.05, 3.63) is 16.5 Å². The van der Waals surface area contributed by atoms with Crippen molar-refractivity contribution in [3.8, 4) is 0 Å². The minimum absolute atomic E-state index is 0.00130. The Labute approximate surface area is 117 Å². The zero-order valence-electron chi connectivity index (χ0n) is 10.2. The number of nitroso groups, excluding NO2 is 1. The minimum Gasteiger partial charge on any atom is -0.390 e. The third kappa shape index (κ3) is 2.09. The van der Waals surface area contributed by atoms with E-state index in [2.05, 4.69) is 20.1 Å². The number of hydrogen-bond donors (Lipinski definition) is 2. The van der Waals surface area contributed by atoms with Gasteiger partial charge in [0.15, 0.2) is 11.5 Å². The number of hydrogen-bond acceptors (Lipinski definition) is 8. The third-order valence-electron chi connectivity index (χ3n) is 3.19. The molecular formula is C10H11ClN6O3. The van der Waals surface area contributed by atoms with Gasteiger partial charge in [0.2, 0.25) is 5.28 Å². The summed E-state index contributed by atoms with van der Waals surface area (Å²) in [4.78, 5) is 22.3. The maximum absolute atomic E-state index is 10.3. The summed E-state index contributed by atoms with van der Waals surface area (Å²) in [5.74, 6) is 0.170. The number of nitrogens with zero attached hydrogens (tertiary/aromatic N) is 5. The lowest BCUT2D eigenvalue weighted by Crippen LogP contribution is -2.23. The lowest BCUT2D eigenvalue weighted by molar-refractivity contribution is -0.0114. The summed E-state index contributed by atoms with van der Waals surface area (Å²) in [6.45, 7) is -0.109. The van der Waals surface area contributed by atoms with E-state index in [4.69, 9.17) is 22.1 Å². The average Bonchev–Trinajstić information content (AvgIpc) is 2.94. The predicted octanol–water partition coefficient (Wildman–Crippen LogP) is 0.477. The van der Waals surface area contributed by atoms with Crippen LogP contribution >= 0.6 is 11.6 Å². The number of ether oxygens (including phenoxy) is 1. The minimum atomic E-state index is -0.773. The topological polar surface area (TPSA) is 129 Å². The van der Waals surface area contributed by atoms with Crippen molar-refractivity contribution < 1.29 is 9.84 Å². The molecule has 1 aliphatic rings. The van der Waals surface area contributed by atoms with E-state index in [1.54, 1.807) is 4.57 Å². The molecular weight excluding hydrogens is 288 g/mol. The molecule has 0 saturated carbocycles. The van der Waals surface area contributed by atoms with Gasteiger partial charge in [0.25, 0.3) is 0 Å². The second kappa shape index (κ2) is 4.93. The molecule has 0 radical (unpaired) electrons. The van der Waals surface area contributed by atoms with Crippen LogP contribution in [0.3, 0.4) is 0 Å². The Morgan fingerprint density at radius 1 is 1.60 bits per heavy atom.